The van der Waals surface area contributed by atoms with E-state index in [1.165, 1.54) is 7.11 Å². The van der Waals surface area contributed by atoms with Gasteiger partial charge >= 0.3 is 11.1 Å². The summed E-state index contributed by atoms with van der Waals surface area (Å²) in [6.07, 6.45) is 0. The first-order valence-corrected chi connectivity index (χ1v) is 4.21. The van der Waals surface area contributed by atoms with Crippen LogP contribution in [0.1, 0.15) is 0 Å². The number of methoxy groups -OCH3 is 1. The van der Waals surface area contributed by atoms with Gasteiger partial charge in [-0.25, -0.2) is 4.68 Å². The molecule has 6 heteroatoms. The Kier molecular flexibility index (Phi) is 1.96. The number of rotatable bonds is 1. The van der Waals surface area contributed by atoms with Crippen LogP contribution in [0, 0.1) is 0 Å². The van der Waals surface area contributed by atoms with Crippen molar-refractivity contribution in [3.63, 3.8) is 0 Å². The number of hydrogen-bond acceptors (Lipinski definition) is 4. The first-order valence-electron chi connectivity index (χ1n) is 4.21. The summed E-state index contributed by atoms with van der Waals surface area (Å²) >= 11 is 0. The van der Waals surface area contributed by atoms with Gasteiger partial charge in [0.1, 0.15) is 5.75 Å². The predicted octanol–water partition coefficient (Wildman–Crippen LogP) is -0.588. The number of aromatic amines is 1. The van der Waals surface area contributed by atoms with Crippen LogP contribution in [-0.2, 0) is 0 Å². The number of benzene rings is 1. The van der Waals surface area contributed by atoms with Crippen LogP contribution in [0.25, 0.3) is 11.0 Å². The Bertz CT molecular complexity index is 627. The predicted molar refractivity (Wildman–Crippen MR) is 55.5 cm³/mol. The topological polar surface area (TPSA) is 90.1 Å². The number of aromatic nitrogens is 2. The lowest BCUT2D eigenvalue weighted by Crippen LogP contribution is -2.40. The van der Waals surface area contributed by atoms with Crippen molar-refractivity contribution in [3.05, 3.63) is 38.9 Å². The fourth-order valence-electron chi connectivity index (χ4n) is 1.34. The normalized spacial score (nSPS) is 10.5. The van der Waals surface area contributed by atoms with Gasteiger partial charge in [-0.2, -0.15) is 0 Å². The third-order valence-electron chi connectivity index (χ3n) is 2.13. The molecule has 0 radical (unpaired) electrons. The van der Waals surface area contributed by atoms with Crippen molar-refractivity contribution in [2.24, 2.45) is 0 Å². The number of fused-ring (bicyclic) bond motifs is 1. The monoisotopic (exact) mass is 207 g/mol. The van der Waals surface area contributed by atoms with Gasteiger partial charge in [0.05, 0.1) is 18.1 Å². The lowest BCUT2D eigenvalue weighted by atomic mass is 10.3. The summed E-state index contributed by atoms with van der Waals surface area (Å²) in [5, 5.41) is 0. The quantitative estimate of drug-likeness (QED) is 0.483. The summed E-state index contributed by atoms with van der Waals surface area (Å²) in [4.78, 5) is 24.8. The molecule has 15 heavy (non-hydrogen) atoms. The highest BCUT2D eigenvalue weighted by Gasteiger charge is 2.05. The zero-order chi connectivity index (χ0) is 11.0. The standard InChI is InChI=1S/C9H9N3O3/c1-15-5-2-3-6-7(4-5)12(10)9(14)8(13)11-6/h2-4H,10H2,1H3,(H,11,13). The third-order valence-corrected chi connectivity index (χ3v) is 2.13. The van der Waals surface area contributed by atoms with Crippen molar-refractivity contribution < 1.29 is 4.74 Å². The molecule has 1 heterocycles. The molecule has 0 amide bonds. The minimum Gasteiger partial charge on any atom is -0.497 e. The van der Waals surface area contributed by atoms with Crippen molar-refractivity contribution in [2.75, 3.05) is 13.0 Å². The molecule has 78 valence electrons. The Balaban J connectivity index is 2.94. The molecule has 0 fully saturated rings. The van der Waals surface area contributed by atoms with Gasteiger partial charge in [0.15, 0.2) is 0 Å². The smallest absolute Gasteiger partial charge is 0.334 e. The average Bonchev–Trinajstić information content (AvgIpc) is 2.26. The Morgan fingerprint density at radius 1 is 1.40 bits per heavy atom. The van der Waals surface area contributed by atoms with E-state index in [0.29, 0.717) is 16.8 Å². The molecule has 0 aliphatic carbocycles. The number of H-pyrrole nitrogens is 1. The third kappa shape index (κ3) is 1.35. The molecule has 0 aliphatic rings. The van der Waals surface area contributed by atoms with Gasteiger partial charge in [0.2, 0.25) is 0 Å². The Morgan fingerprint density at radius 2 is 2.13 bits per heavy atom. The number of nitrogens with one attached hydrogen (secondary N) is 1. The van der Waals surface area contributed by atoms with Crippen LogP contribution in [0.4, 0.5) is 0 Å². The first-order chi connectivity index (χ1) is 7.13. The van der Waals surface area contributed by atoms with Gasteiger partial charge in [-0.3, -0.25) is 9.59 Å². The van der Waals surface area contributed by atoms with E-state index >= 15 is 0 Å². The van der Waals surface area contributed by atoms with E-state index < -0.39 is 11.1 Å². The summed E-state index contributed by atoms with van der Waals surface area (Å²) in [6.45, 7) is 0. The summed E-state index contributed by atoms with van der Waals surface area (Å²) in [6, 6.07) is 4.87. The van der Waals surface area contributed by atoms with Gasteiger partial charge in [-0.05, 0) is 12.1 Å². The van der Waals surface area contributed by atoms with Crippen LogP contribution < -0.4 is 21.7 Å². The SMILES string of the molecule is COc1ccc2[nH]c(=O)c(=O)n(N)c2c1. The highest BCUT2D eigenvalue weighted by Crippen LogP contribution is 2.15. The summed E-state index contributed by atoms with van der Waals surface area (Å²) in [7, 11) is 1.51. The lowest BCUT2D eigenvalue weighted by Gasteiger charge is -2.05. The summed E-state index contributed by atoms with van der Waals surface area (Å²) < 4.78 is 5.79. The molecule has 0 atom stereocenters. The molecule has 0 bridgehead atoms. The van der Waals surface area contributed by atoms with E-state index in [4.69, 9.17) is 10.6 Å². The number of nitrogens with zero attached hydrogens (tertiary/aromatic N) is 1. The Morgan fingerprint density at radius 3 is 2.80 bits per heavy atom. The molecular weight excluding hydrogens is 198 g/mol. The largest absolute Gasteiger partial charge is 0.497 e. The van der Waals surface area contributed by atoms with E-state index in [0.717, 1.165) is 4.68 Å². The second-order valence-electron chi connectivity index (χ2n) is 3.01. The maximum atomic E-state index is 11.2. The highest BCUT2D eigenvalue weighted by atomic mass is 16.5. The molecular formula is C9H9N3O3. The summed E-state index contributed by atoms with van der Waals surface area (Å²) in [5.74, 6) is 6.03. The van der Waals surface area contributed by atoms with Crippen LogP contribution in [-0.4, -0.2) is 16.8 Å². The minimum absolute atomic E-state index is 0.416. The molecule has 0 spiro atoms. The van der Waals surface area contributed by atoms with Gasteiger partial charge in [0, 0.05) is 6.07 Å². The maximum Gasteiger partial charge on any atom is 0.334 e. The lowest BCUT2D eigenvalue weighted by molar-refractivity contribution is 0.415. The van der Waals surface area contributed by atoms with Crippen LogP contribution in [0.5, 0.6) is 5.75 Å². The van der Waals surface area contributed by atoms with Crippen molar-refractivity contribution in [2.45, 2.75) is 0 Å². The van der Waals surface area contributed by atoms with Crippen molar-refractivity contribution in [3.8, 4) is 5.75 Å². The molecule has 0 saturated heterocycles. The molecule has 0 aliphatic heterocycles. The van der Waals surface area contributed by atoms with E-state index in [2.05, 4.69) is 4.98 Å². The number of hydrogen-bond donors (Lipinski definition) is 2. The molecule has 0 unspecified atom stereocenters. The fourth-order valence-corrected chi connectivity index (χ4v) is 1.34. The zero-order valence-corrected chi connectivity index (χ0v) is 7.98. The van der Waals surface area contributed by atoms with Gasteiger partial charge < -0.3 is 15.6 Å². The van der Waals surface area contributed by atoms with Crippen LogP contribution in [0.2, 0.25) is 0 Å². The molecule has 1 aromatic carbocycles. The van der Waals surface area contributed by atoms with Crippen molar-refractivity contribution >= 4 is 11.0 Å². The Hall–Kier alpha value is -2.24. The molecule has 2 rings (SSSR count). The van der Waals surface area contributed by atoms with E-state index in [-0.39, 0.29) is 0 Å². The molecule has 1 aromatic heterocycles. The van der Waals surface area contributed by atoms with Crippen LogP contribution in [0.3, 0.4) is 0 Å². The van der Waals surface area contributed by atoms with E-state index in [1.54, 1.807) is 18.2 Å². The van der Waals surface area contributed by atoms with Gasteiger partial charge in [0.25, 0.3) is 0 Å². The highest BCUT2D eigenvalue weighted by molar-refractivity contribution is 5.76. The second-order valence-corrected chi connectivity index (χ2v) is 3.01. The molecule has 3 N–H and O–H groups in total. The first kappa shape index (κ1) is 9.32. The van der Waals surface area contributed by atoms with Crippen LogP contribution in [0.15, 0.2) is 27.8 Å². The van der Waals surface area contributed by atoms with E-state index in [9.17, 15) is 9.59 Å². The number of nitrogens with two attached hydrogens (primary N) is 1. The van der Waals surface area contributed by atoms with E-state index in [1.807, 2.05) is 0 Å². The average molecular weight is 207 g/mol. The molecule has 2 aromatic rings. The van der Waals surface area contributed by atoms with Crippen LogP contribution >= 0.6 is 0 Å². The fraction of sp³-hybridized carbons (Fsp3) is 0.111. The zero-order valence-electron chi connectivity index (χ0n) is 7.98. The van der Waals surface area contributed by atoms with Crippen molar-refractivity contribution in [1.29, 1.82) is 0 Å². The van der Waals surface area contributed by atoms with Crippen molar-refractivity contribution in [1.82, 2.24) is 9.66 Å². The van der Waals surface area contributed by atoms with Gasteiger partial charge in [-0.15, -0.1) is 0 Å². The number of ether oxygens (including phenoxy) is 1. The minimum atomic E-state index is -0.796. The molecule has 0 saturated carbocycles. The number of nitrogen functional groups attached to an aromatic ring is 1. The maximum absolute atomic E-state index is 11.2. The second kappa shape index (κ2) is 3.16. The Labute approximate surface area is 83.9 Å². The summed E-state index contributed by atoms with van der Waals surface area (Å²) in [5.41, 5.74) is -0.632. The molecule has 6 nitrogen and oxygen atoms in total. The van der Waals surface area contributed by atoms with Gasteiger partial charge in [-0.1, -0.05) is 0 Å².